The first-order chi connectivity index (χ1) is 12.7. The van der Waals surface area contributed by atoms with Gasteiger partial charge in [-0.25, -0.2) is 0 Å². The van der Waals surface area contributed by atoms with Crippen molar-refractivity contribution in [2.24, 2.45) is 0 Å². The maximum Gasteiger partial charge on any atom is 0.161 e. The molecule has 1 unspecified atom stereocenters. The van der Waals surface area contributed by atoms with Gasteiger partial charge in [0.2, 0.25) is 0 Å². The number of nitrogens with zero attached hydrogens (tertiary/aromatic N) is 1. The molecule has 1 fully saturated rings. The predicted octanol–water partition coefficient (Wildman–Crippen LogP) is 2.77. The highest BCUT2D eigenvalue weighted by Gasteiger charge is 2.24. The van der Waals surface area contributed by atoms with Gasteiger partial charge in [-0.1, -0.05) is 6.07 Å². The molecule has 0 radical (unpaired) electrons. The minimum Gasteiger partial charge on any atom is -0.493 e. The lowest BCUT2D eigenvalue weighted by Crippen LogP contribution is -2.42. The summed E-state index contributed by atoms with van der Waals surface area (Å²) in [5.74, 6) is 3.44. The van der Waals surface area contributed by atoms with Crippen molar-refractivity contribution in [2.45, 2.75) is 19.5 Å². The number of aryl methyl sites for hydroxylation is 1. The molecule has 1 atom stereocenters. The van der Waals surface area contributed by atoms with Crippen LogP contribution >= 0.6 is 0 Å². The fraction of sp³-hybridized carbons (Fsp3) is 0.500. The van der Waals surface area contributed by atoms with Gasteiger partial charge in [-0.05, 0) is 36.8 Å². The van der Waals surface area contributed by atoms with Crippen LogP contribution in [0.5, 0.6) is 11.5 Å². The van der Waals surface area contributed by atoms with Gasteiger partial charge < -0.3 is 23.9 Å². The number of morpholine rings is 1. The number of benzene rings is 1. The van der Waals surface area contributed by atoms with E-state index < -0.39 is 0 Å². The van der Waals surface area contributed by atoms with Gasteiger partial charge in [-0.15, -0.1) is 0 Å². The van der Waals surface area contributed by atoms with Crippen LogP contribution in [0.25, 0.3) is 0 Å². The predicted molar refractivity (Wildman–Crippen MR) is 99.8 cm³/mol. The van der Waals surface area contributed by atoms with E-state index in [9.17, 15) is 0 Å². The Kier molecular flexibility index (Phi) is 6.55. The van der Waals surface area contributed by atoms with Crippen LogP contribution in [0, 0.1) is 6.92 Å². The molecule has 6 heteroatoms. The molecule has 1 aliphatic heterocycles. The minimum atomic E-state index is 0.202. The molecule has 1 aromatic heterocycles. The summed E-state index contributed by atoms with van der Waals surface area (Å²) in [5, 5.41) is 3.56. The van der Waals surface area contributed by atoms with Gasteiger partial charge >= 0.3 is 0 Å². The molecule has 1 aromatic carbocycles. The summed E-state index contributed by atoms with van der Waals surface area (Å²) in [7, 11) is 3.30. The standard InChI is InChI=1S/C20H28N2O4/c1-15-4-6-18(26-15)17(22-8-10-25-11-9-22)14-21-13-16-5-7-19(23-2)20(12-16)24-3/h4-7,12,17,21H,8-11,13-14H2,1-3H3. The Morgan fingerprint density at radius 2 is 1.85 bits per heavy atom. The molecule has 0 spiro atoms. The van der Waals surface area contributed by atoms with E-state index in [4.69, 9.17) is 18.6 Å². The first kappa shape index (κ1) is 18.8. The maximum absolute atomic E-state index is 5.91. The number of nitrogens with one attached hydrogen (secondary N) is 1. The van der Waals surface area contributed by atoms with Gasteiger partial charge in [-0.3, -0.25) is 4.90 Å². The van der Waals surface area contributed by atoms with Crippen LogP contribution in [-0.2, 0) is 11.3 Å². The van der Waals surface area contributed by atoms with Crippen molar-refractivity contribution in [1.29, 1.82) is 0 Å². The average Bonchev–Trinajstić information content (AvgIpc) is 3.11. The molecule has 2 aromatic rings. The maximum atomic E-state index is 5.91. The van der Waals surface area contributed by atoms with E-state index in [1.165, 1.54) is 0 Å². The summed E-state index contributed by atoms with van der Waals surface area (Å²) < 4.78 is 22.1. The Morgan fingerprint density at radius 3 is 2.50 bits per heavy atom. The van der Waals surface area contributed by atoms with Crippen LogP contribution in [0.3, 0.4) is 0 Å². The van der Waals surface area contributed by atoms with Crippen LogP contribution in [0.2, 0.25) is 0 Å². The van der Waals surface area contributed by atoms with E-state index in [2.05, 4.69) is 22.3 Å². The molecular formula is C20H28N2O4. The van der Waals surface area contributed by atoms with Crippen molar-refractivity contribution in [1.82, 2.24) is 10.2 Å². The number of hydrogen-bond acceptors (Lipinski definition) is 6. The second-order valence-corrected chi connectivity index (χ2v) is 6.43. The number of rotatable bonds is 8. The zero-order valence-corrected chi connectivity index (χ0v) is 15.8. The zero-order chi connectivity index (χ0) is 18.4. The number of methoxy groups -OCH3 is 2. The van der Waals surface area contributed by atoms with Gasteiger partial charge in [0.15, 0.2) is 11.5 Å². The number of ether oxygens (including phenoxy) is 3. The summed E-state index contributed by atoms with van der Waals surface area (Å²) >= 11 is 0. The first-order valence-electron chi connectivity index (χ1n) is 9.01. The Labute approximate surface area is 155 Å². The second-order valence-electron chi connectivity index (χ2n) is 6.43. The Balaban J connectivity index is 1.64. The van der Waals surface area contributed by atoms with Crippen molar-refractivity contribution in [2.75, 3.05) is 47.1 Å². The monoisotopic (exact) mass is 360 g/mol. The molecule has 2 heterocycles. The van der Waals surface area contributed by atoms with E-state index in [-0.39, 0.29) is 6.04 Å². The van der Waals surface area contributed by atoms with Crippen LogP contribution in [0.1, 0.15) is 23.1 Å². The van der Waals surface area contributed by atoms with E-state index in [0.29, 0.717) is 0 Å². The highest BCUT2D eigenvalue weighted by molar-refractivity contribution is 5.42. The summed E-state index contributed by atoms with van der Waals surface area (Å²) in [6, 6.07) is 10.3. The molecule has 0 amide bonds. The number of furan rings is 1. The highest BCUT2D eigenvalue weighted by atomic mass is 16.5. The van der Waals surface area contributed by atoms with Crippen LogP contribution in [0.4, 0.5) is 0 Å². The van der Waals surface area contributed by atoms with Crippen molar-refractivity contribution < 1.29 is 18.6 Å². The molecular weight excluding hydrogens is 332 g/mol. The van der Waals surface area contributed by atoms with Gasteiger partial charge in [0, 0.05) is 26.2 Å². The Bertz CT molecular complexity index is 695. The Hall–Kier alpha value is -2.02. The molecule has 3 rings (SSSR count). The van der Waals surface area contributed by atoms with E-state index in [1.807, 2.05) is 25.1 Å². The molecule has 1 saturated heterocycles. The van der Waals surface area contributed by atoms with Gasteiger partial charge in [0.25, 0.3) is 0 Å². The van der Waals surface area contributed by atoms with E-state index in [0.717, 1.165) is 68.0 Å². The zero-order valence-electron chi connectivity index (χ0n) is 15.8. The summed E-state index contributed by atoms with van der Waals surface area (Å²) in [6.45, 7) is 6.92. The molecule has 6 nitrogen and oxygen atoms in total. The first-order valence-corrected chi connectivity index (χ1v) is 9.01. The van der Waals surface area contributed by atoms with Crippen LogP contribution in [0.15, 0.2) is 34.7 Å². The molecule has 26 heavy (non-hydrogen) atoms. The average molecular weight is 360 g/mol. The second kappa shape index (κ2) is 9.07. The third kappa shape index (κ3) is 4.58. The lowest BCUT2D eigenvalue weighted by molar-refractivity contribution is 0.0115. The van der Waals surface area contributed by atoms with Crippen molar-refractivity contribution in [3.63, 3.8) is 0 Å². The topological polar surface area (TPSA) is 56.1 Å². The molecule has 0 bridgehead atoms. The normalized spacial score (nSPS) is 16.4. The quantitative estimate of drug-likeness (QED) is 0.781. The minimum absolute atomic E-state index is 0.202. The smallest absolute Gasteiger partial charge is 0.161 e. The van der Waals surface area contributed by atoms with Gasteiger partial charge in [-0.2, -0.15) is 0 Å². The Morgan fingerprint density at radius 1 is 1.08 bits per heavy atom. The summed E-state index contributed by atoms with van der Waals surface area (Å²) in [6.07, 6.45) is 0. The largest absolute Gasteiger partial charge is 0.493 e. The molecule has 1 N–H and O–H groups in total. The molecule has 142 valence electrons. The van der Waals surface area contributed by atoms with Gasteiger partial charge in [0.05, 0.1) is 33.5 Å². The third-order valence-corrected chi connectivity index (χ3v) is 4.69. The molecule has 1 aliphatic rings. The van der Waals surface area contributed by atoms with Crippen molar-refractivity contribution in [3.8, 4) is 11.5 Å². The third-order valence-electron chi connectivity index (χ3n) is 4.69. The summed E-state index contributed by atoms with van der Waals surface area (Å²) in [4.78, 5) is 2.42. The highest BCUT2D eigenvalue weighted by Crippen LogP contribution is 2.28. The van der Waals surface area contributed by atoms with E-state index in [1.54, 1.807) is 14.2 Å². The summed E-state index contributed by atoms with van der Waals surface area (Å²) in [5.41, 5.74) is 1.15. The lowest BCUT2D eigenvalue weighted by Gasteiger charge is -2.33. The van der Waals surface area contributed by atoms with E-state index >= 15 is 0 Å². The lowest BCUT2D eigenvalue weighted by atomic mass is 10.1. The van der Waals surface area contributed by atoms with Crippen molar-refractivity contribution in [3.05, 3.63) is 47.4 Å². The molecule has 0 aliphatic carbocycles. The molecule has 0 saturated carbocycles. The van der Waals surface area contributed by atoms with Crippen molar-refractivity contribution >= 4 is 0 Å². The van der Waals surface area contributed by atoms with Crippen LogP contribution in [-0.4, -0.2) is 52.0 Å². The van der Waals surface area contributed by atoms with Gasteiger partial charge in [0.1, 0.15) is 11.5 Å². The van der Waals surface area contributed by atoms with Crippen LogP contribution < -0.4 is 14.8 Å². The number of hydrogen-bond donors (Lipinski definition) is 1. The SMILES string of the molecule is COc1ccc(CNCC(c2ccc(C)o2)N2CCOCC2)cc1OC. The fourth-order valence-corrected chi connectivity index (χ4v) is 3.28. The fourth-order valence-electron chi connectivity index (χ4n) is 3.28.